The predicted octanol–water partition coefficient (Wildman–Crippen LogP) is 2.68. The van der Waals surface area contributed by atoms with E-state index >= 15 is 0 Å². The first-order valence-corrected chi connectivity index (χ1v) is 9.50. The molecule has 152 valence electrons. The number of hydrogen-bond acceptors (Lipinski definition) is 6. The summed E-state index contributed by atoms with van der Waals surface area (Å²) in [5.41, 5.74) is 1.12. The second kappa shape index (κ2) is 12.3. The van der Waals surface area contributed by atoms with Gasteiger partial charge in [-0.05, 0) is 24.6 Å². The minimum absolute atomic E-state index is 0.0432. The van der Waals surface area contributed by atoms with Crippen molar-refractivity contribution >= 4 is 17.4 Å². The van der Waals surface area contributed by atoms with Gasteiger partial charge in [-0.25, -0.2) is 0 Å². The molecular weight excluding hydrogens is 348 g/mol. The van der Waals surface area contributed by atoms with Crippen LogP contribution in [-0.2, 0) is 4.79 Å². The zero-order chi connectivity index (χ0) is 20.2. The first-order chi connectivity index (χ1) is 12.8. The van der Waals surface area contributed by atoms with Gasteiger partial charge in [-0.15, -0.1) is 0 Å². The Morgan fingerprint density at radius 2 is 1.96 bits per heavy atom. The third-order valence-corrected chi connectivity index (χ3v) is 3.90. The Morgan fingerprint density at radius 3 is 2.59 bits per heavy atom. The molecule has 0 aliphatic carbocycles. The monoisotopic (exact) mass is 380 g/mol. The second-order valence-corrected chi connectivity index (χ2v) is 6.84. The maximum absolute atomic E-state index is 12.5. The third kappa shape index (κ3) is 9.40. The van der Waals surface area contributed by atoms with E-state index in [2.05, 4.69) is 17.6 Å². The smallest absolute Gasteiger partial charge is 0.303 e. The van der Waals surface area contributed by atoms with Gasteiger partial charge in [0.25, 0.3) is 0 Å². The predicted molar refractivity (Wildman–Crippen MR) is 106 cm³/mol. The van der Waals surface area contributed by atoms with Crippen molar-refractivity contribution in [2.24, 2.45) is 0 Å². The Hall–Kier alpha value is -2.12. The van der Waals surface area contributed by atoms with Crippen LogP contribution in [0.5, 0.6) is 5.75 Å². The number of ether oxygens (including phenoxy) is 1. The Bertz CT molecular complexity index is 604. The number of aliphatic hydroxyl groups excluding tert-OH is 1. The van der Waals surface area contributed by atoms with Crippen LogP contribution in [0.2, 0.25) is 0 Å². The van der Waals surface area contributed by atoms with E-state index in [1.54, 1.807) is 12.1 Å². The molecule has 0 heterocycles. The number of rotatable bonds is 14. The zero-order valence-electron chi connectivity index (χ0n) is 16.5. The number of ketones is 1. The van der Waals surface area contributed by atoms with Crippen LogP contribution in [0.15, 0.2) is 18.2 Å². The van der Waals surface area contributed by atoms with Gasteiger partial charge in [0, 0.05) is 31.2 Å². The molecule has 0 aliphatic heterocycles. The van der Waals surface area contributed by atoms with Gasteiger partial charge in [-0.3, -0.25) is 9.59 Å². The molecule has 4 N–H and O–H groups in total. The van der Waals surface area contributed by atoms with Crippen LogP contribution in [0.1, 0.15) is 56.8 Å². The van der Waals surface area contributed by atoms with E-state index in [9.17, 15) is 14.7 Å². The highest BCUT2D eigenvalue weighted by atomic mass is 16.5. The Kier molecular flexibility index (Phi) is 10.4. The number of anilines is 1. The maximum atomic E-state index is 12.5. The lowest BCUT2D eigenvalue weighted by Gasteiger charge is -2.17. The lowest BCUT2D eigenvalue weighted by Crippen LogP contribution is -2.35. The van der Waals surface area contributed by atoms with Gasteiger partial charge in [0.15, 0.2) is 5.78 Å². The van der Waals surface area contributed by atoms with Gasteiger partial charge in [0.05, 0.1) is 12.0 Å². The Balaban J connectivity index is 2.83. The van der Waals surface area contributed by atoms with E-state index in [1.807, 2.05) is 19.9 Å². The van der Waals surface area contributed by atoms with Crippen molar-refractivity contribution in [2.45, 2.75) is 58.6 Å². The van der Waals surface area contributed by atoms with Crippen LogP contribution in [0.25, 0.3) is 0 Å². The molecule has 0 radical (unpaired) electrons. The molecule has 0 spiro atoms. The van der Waals surface area contributed by atoms with Gasteiger partial charge in [0.1, 0.15) is 18.5 Å². The summed E-state index contributed by atoms with van der Waals surface area (Å²) in [5.74, 6) is -0.949. The van der Waals surface area contributed by atoms with Crippen LogP contribution >= 0.6 is 0 Å². The number of nitrogens with one attached hydrogen (secondary N) is 2. The molecule has 1 aromatic rings. The van der Waals surface area contributed by atoms with Crippen molar-refractivity contribution in [3.8, 4) is 5.75 Å². The Morgan fingerprint density at radius 1 is 1.22 bits per heavy atom. The van der Waals surface area contributed by atoms with Crippen molar-refractivity contribution in [1.29, 1.82) is 0 Å². The quantitative estimate of drug-likeness (QED) is 0.290. The van der Waals surface area contributed by atoms with Crippen molar-refractivity contribution in [2.75, 3.05) is 25.0 Å². The number of benzene rings is 1. The van der Waals surface area contributed by atoms with Crippen molar-refractivity contribution < 1.29 is 24.5 Å². The molecule has 7 heteroatoms. The van der Waals surface area contributed by atoms with Gasteiger partial charge < -0.3 is 25.6 Å². The number of hydrogen-bond donors (Lipinski definition) is 4. The fourth-order valence-electron chi connectivity index (χ4n) is 2.36. The summed E-state index contributed by atoms with van der Waals surface area (Å²) in [6, 6.07) is 5.44. The highest BCUT2D eigenvalue weighted by Gasteiger charge is 2.16. The number of carbonyl (C=O) groups is 2. The average molecular weight is 380 g/mol. The molecule has 7 nitrogen and oxygen atoms in total. The second-order valence-electron chi connectivity index (χ2n) is 6.84. The molecule has 0 saturated carbocycles. The topological polar surface area (TPSA) is 108 Å². The van der Waals surface area contributed by atoms with E-state index in [0.29, 0.717) is 17.9 Å². The van der Waals surface area contributed by atoms with E-state index in [-0.39, 0.29) is 31.3 Å². The van der Waals surface area contributed by atoms with Crippen LogP contribution in [-0.4, -0.2) is 53.8 Å². The minimum Gasteiger partial charge on any atom is -0.490 e. The molecule has 1 rings (SSSR count). The first kappa shape index (κ1) is 22.9. The lowest BCUT2D eigenvalue weighted by atomic mass is 10.0. The molecule has 1 unspecified atom stereocenters. The number of carbonyl (C=O) groups excluding carboxylic acids is 1. The van der Waals surface area contributed by atoms with Gasteiger partial charge in [-0.2, -0.15) is 0 Å². The number of carboxylic acids is 1. The fourth-order valence-corrected chi connectivity index (χ4v) is 2.36. The molecule has 0 aliphatic rings. The van der Waals surface area contributed by atoms with E-state index < -0.39 is 12.1 Å². The van der Waals surface area contributed by atoms with Crippen LogP contribution < -0.4 is 15.4 Å². The SMILES string of the molecule is CCCCNc1ccc(OCC(O)CNC(C)C)c(C(=O)CCC(=O)O)c1. The minimum atomic E-state index is -1.02. The molecule has 0 amide bonds. The first-order valence-electron chi connectivity index (χ1n) is 9.50. The Labute approximate surface area is 161 Å². The largest absolute Gasteiger partial charge is 0.490 e. The van der Waals surface area contributed by atoms with E-state index in [1.165, 1.54) is 0 Å². The number of aliphatic hydroxyl groups is 1. The lowest BCUT2D eigenvalue weighted by molar-refractivity contribution is -0.136. The maximum Gasteiger partial charge on any atom is 0.303 e. The highest BCUT2D eigenvalue weighted by molar-refractivity contribution is 6.00. The fraction of sp³-hybridized carbons (Fsp3) is 0.600. The van der Waals surface area contributed by atoms with Crippen LogP contribution in [0, 0.1) is 0 Å². The van der Waals surface area contributed by atoms with Gasteiger partial charge >= 0.3 is 5.97 Å². The standard InChI is InChI=1S/C20H32N2O5/c1-4-5-10-21-15-6-8-19(27-13-16(23)12-22-14(2)3)17(11-15)18(24)7-9-20(25)26/h6,8,11,14,16,21-23H,4-5,7,9-10,12-13H2,1-3H3,(H,25,26). The molecular formula is C20H32N2O5. The van der Waals surface area contributed by atoms with Crippen molar-refractivity contribution in [1.82, 2.24) is 5.32 Å². The van der Waals surface area contributed by atoms with Gasteiger partial charge in [-0.1, -0.05) is 27.2 Å². The van der Waals surface area contributed by atoms with Crippen LogP contribution in [0.3, 0.4) is 0 Å². The zero-order valence-corrected chi connectivity index (χ0v) is 16.5. The van der Waals surface area contributed by atoms with Crippen LogP contribution in [0.4, 0.5) is 5.69 Å². The summed E-state index contributed by atoms with van der Waals surface area (Å²) in [6.07, 6.45) is 1.03. The number of unbranched alkanes of at least 4 members (excludes halogenated alkanes) is 1. The molecule has 0 bridgehead atoms. The number of Topliss-reactive ketones (excluding diaryl/α,β-unsaturated/α-hetero) is 1. The van der Waals surface area contributed by atoms with E-state index in [4.69, 9.17) is 9.84 Å². The van der Waals surface area contributed by atoms with Gasteiger partial charge in [0.2, 0.25) is 0 Å². The number of carboxylic acid groups (broad SMARTS) is 1. The van der Waals surface area contributed by atoms with E-state index in [0.717, 1.165) is 25.1 Å². The summed E-state index contributed by atoms with van der Waals surface area (Å²) in [5, 5.41) is 25.2. The molecule has 1 atom stereocenters. The summed E-state index contributed by atoms with van der Waals surface area (Å²) >= 11 is 0. The molecule has 0 aromatic heterocycles. The summed E-state index contributed by atoms with van der Waals surface area (Å²) in [7, 11) is 0. The van der Waals surface area contributed by atoms with Crippen molar-refractivity contribution in [3.05, 3.63) is 23.8 Å². The summed E-state index contributed by atoms with van der Waals surface area (Å²) in [6.45, 7) is 7.28. The van der Waals surface area contributed by atoms with Crippen molar-refractivity contribution in [3.63, 3.8) is 0 Å². The molecule has 0 saturated heterocycles. The average Bonchev–Trinajstić information content (AvgIpc) is 2.63. The summed E-state index contributed by atoms with van der Waals surface area (Å²) < 4.78 is 5.65. The third-order valence-electron chi connectivity index (χ3n) is 3.90. The molecule has 0 fully saturated rings. The molecule has 1 aromatic carbocycles. The highest BCUT2D eigenvalue weighted by Crippen LogP contribution is 2.25. The number of aliphatic carboxylic acids is 1. The normalized spacial score (nSPS) is 12.0. The summed E-state index contributed by atoms with van der Waals surface area (Å²) in [4.78, 5) is 23.2. The molecule has 27 heavy (non-hydrogen) atoms.